The molecular formula is C16H17ClFN. The SMILES string of the molecule is CCc1ccc(N(C)c2cccc(F)c2CCl)cc1. The van der Waals surface area contributed by atoms with E-state index in [1.165, 1.54) is 11.6 Å². The van der Waals surface area contributed by atoms with Crippen molar-refractivity contribution in [1.29, 1.82) is 0 Å². The number of rotatable bonds is 4. The molecule has 0 saturated heterocycles. The maximum atomic E-state index is 13.7. The van der Waals surface area contributed by atoms with Crippen LogP contribution >= 0.6 is 11.6 Å². The van der Waals surface area contributed by atoms with Gasteiger partial charge in [0.25, 0.3) is 0 Å². The second kappa shape index (κ2) is 6.07. The third-order valence-electron chi connectivity index (χ3n) is 3.32. The van der Waals surface area contributed by atoms with Crippen molar-refractivity contribution >= 4 is 23.0 Å². The monoisotopic (exact) mass is 277 g/mol. The van der Waals surface area contributed by atoms with Crippen molar-refractivity contribution in [2.75, 3.05) is 11.9 Å². The largest absolute Gasteiger partial charge is 0.344 e. The summed E-state index contributed by atoms with van der Waals surface area (Å²) in [7, 11) is 1.92. The van der Waals surface area contributed by atoms with Crippen LogP contribution in [0.2, 0.25) is 0 Å². The summed E-state index contributed by atoms with van der Waals surface area (Å²) >= 11 is 5.85. The minimum absolute atomic E-state index is 0.166. The van der Waals surface area contributed by atoms with Crippen LogP contribution in [0.3, 0.4) is 0 Å². The van der Waals surface area contributed by atoms with Gasteiger partial charge in [-0.1, -0.05) is 25.1 Å². The van der Waals surface area contributed by atoms with Crippen molar-refractivity contribution in [2.24, 2.45) is 0 Å². The van der Waals surface area contributed by atoms with Crippen LogP contribution in [0, 0.1) is 5.82 Å². The molecule has 0 heterocycles. The average molecular weight is 278 g/mol. The first-order chi connectivity index (χ1) is 9.17. The number of hydrogen-bond donors (Lipinski definition) is 0. The van der Waals surface area contributed by atoms with Crippen LogP contribution in [0.1, 0.15) is 18.1 Å². The predicted octanol–water partition coefficient (Wildman–Crippen LogP) is 4.89. The second-order valence-corrected chi connectivity index (χ2v) is 4.72. The molecule has 0 aliphatic carbocycles. The Balaban J connectivity index is 2.37. The van der Waals surface area contributed by atoms with Gasteiger partial charge in [0.15, 0.2) is 0 Å². The third-order valence-corrected chi connectivity index (χ3v) is 3.59. The van der Waals surface area contributed by atoms with Gasteiger partial charge in [-0.3, -0.25) is 0 Å². The molecular weight excluding hydrogens is 261 g/mol. The van der Waals surface area contributed by atoms with Crippen molar-refractivity contribution in [2.45, 2.75) is 19.2 Å². The molecule has 0 bridgehead atoms. The van der Waals surface area contributed by atoms with Gasteiger partial charge in [-0.15, -0.1) is 11.6 Å². The summed E-state index contributed by atoms with van der Waals surface area (Å²) in [6, 6.07) is 13.3. The van der Waals surface area contributed by atoms with Crippen LogP contribution in [-0.2, 0) is 12.3 Å². The number of anilines is 2. The van der Waals surface area contributed by atoms with Gasteiger partial charge in [-0.2, -0.15) is 0 Å². The van der Waals surface area contributed by atoms with E-state index in [-0.39, 0.29) is 11.7 Å². The fourth-order valence-corrected chi connectivity index (χ4v) is 2.35. The second-order valence-electron chi connectivity index (χ2n) is 4.45. The first-order valence-electron chi connectivity index (χ1n) is 6.33. The van der Waals surface area contributed by atoms with Crippen molar-refractivity contribution in [3.05, 3.63) is 59.4 Å². The molecule has 0 radical (unpaired) electrons. The van der Waals surface area contributed by atoms with Gasteiger partial charge in [-0.05, 0) is 36.2 Å². The molecule has 1 nitrogen and oxygen atoms in total. The van der Waals surface area contributed by atoms with E-state index in [1.54, 1.807) is 6.07 Å². The molecule has 0 N–H and O–H groups in total. The molecule has 3 heteroatoms. The lowest BCUT2D eigenvalue weighted by molar-refractivity contribution is 0.617. The highest BCUT2D eigenvalue weighted by atomic mass is 35.5. The minimum atomic E-state index is -0.260. The van der Waals surface area contributed by atoms with Gasteiger partial charge in [0, 0.05) is 24.0 Å². The van der Waals surface area contributed by atoms with Crippen molar-refractivity contribution < 1.29 is 4.39 Å². The number of hydrogen-bond acceptors (Lipinski definition) is 1. The molecule has 0 unspecified atom stereocenters. The summed E-state index contributed by atoms with van der Waals surface area (Å²) in [5.41, 5.74) is 3.65. The summed E-state index contributed by atoms with van der Waals surface area (Å²) in [4.78, 5) is 1.96. The molecule has 0 aliphatic heterocycles. The van der Waals surface area contributed by atoms with E-state index >= 15 is 0 Å². The Hall–Kier alpha value is -1.54. The molecule has 2 rings (SSSR count). The number of benzene rings is 2. The van der Waals surface area contributed by atoms with E-state index in [0.29, 0.717) is 5.56 Å². The summed E-state index contributed by atoms with van der Waals surface area (Å²) in [5, 5.41) is 0. The first kappa shape index (κ1) is 13.9. The summed E-state index contributed by atoms with van der Waals surface area (Å²) < 4.78 is 13.7. The highest BCUT2D eigenvalue weighted by molar-refractivity contribution is 6.17. The zero-order valence-corrected chi connectivity index (χ0v) is 11.9. The first-order valence-corrected chi connectivity index (χ1v) is 6.86. The van der Waals surface area contributed by atoms with E-state index in [4.69, 9.17) is 11.6 Å². The van der Waals surface area contributed by atoms with E-state index in [0.717, 1.165) is 17.8 Å². The van der Waals surface area contributed by atoms with Crippen LogP contribution in [0.15, 0.2) is 42.5 Å². The Morgan fingerprint density at radius 2 is 1.79 bits per heavy atom. The van der Waals surface area contributed by atoms with Crippen LogP contribution in [0.5, 0.6) is 0 Å². The summed E-state index contributed by atoms with van der Waals surface area (Å²) in [6.07, 6.45) is 1.01. The molecule has 100 valence electrons. The number of halogens is 2. The molecule has 0 fully saturated rings. The Labute approximate surface area is 118 Å². The van der Waals surface area contributed by atoms with E-state index in [2.05, 4.69) is 19.1 Å². The van der Waals surface area contributed by atoms with Crippen molar-refractivity contribution in [3.8, 4) is 0 Å². The van der Waals surface area contributed by atoms with Gasteiger partial charge < -0.3 is 4.90 Å². The van der Waals surface area contributed by atoms with Crippen molar-refractivity contribution in [3.63, 3.8) is 0 Å². The third kappa shape index (κ3) is 2.90. The standard InChI is InChI=1S/C16H17ClFN/c1-3-12-7-9-13(10-8-12)19(2)16-6-4-5-15(18)14(16)11-17/h4-10H,3,11H2,1-2H3. The quantitative estimate of drug-likeness (QED) is 0.719. The topological polar surface area (TPSA) is 3.24 Å². The average Bonchev–Trinajstić information content (AvgIpc) is 2.46. The molecule has 2 aromatic carbocycles. The summed E-state index contributed by atoms with van der Waals surface area (Å²) in [6.45, 7) is 2.12. The van der Waals surface area contributed by atoms with Gasteiger partial charge in [0.1, 0.15) is 5.82 Å². The normalized spacial score (nSPS) is 10.5. The van der Waals surface area contributed by atoms with Crippen molar-refractivity contribution in [1.82, 2.24) is 0 Å². The molecule has 0 spiro atoms. The van der Waals surface area contributed by atoms with E-state index < -0.39 is 0 Å². The zero-order valence-electron chi connectivity index (χ0n) is 11.2. The lowest BCUT2D eigenvalue weighted by atomic mass is 10.1. The Morgan fingerprint density at radius 1 is 1.11 bits per heavy atom. The van der Waals surface area contributed by atoms with Crippen LogP contribution in [0.25, 0.3) is 0 Å². The van der Waals surface area contributed by atoms with Gasteiger partial charge in [-0.25, -0.2) is 4.39 Å². The highest BCUT2D eigenvalue weighted by Gasteiger charge is 2.12. The Morgan fingerprint density at radius 3 is 2.37 bits per heavy atom. The molecule has 0 amide bonds. The zero-order chi connectivity index (χ0) is 13.8. The number of aryl methyl sites for hydroxylation is 1. The predicted molar refractivity (Wildman–Crippen MR) is 79.8 cm³/mol. The van der Waals surface area contributed by atoms with Gasteiger partial charge >= 0.3 is 0 Å². The highest BCUT2D eigenvalue weighted by Crippen LogP contribution is 2.29. The van der Waals surface area contributed by atoms with Crippen LogP contribution in [-0.4, -0.2) is 7.05 Å². The van der Waals surface area contributed by atoms with Gasteiger partial charge in [0.2, 0.25) is 0 Å². The molecule has 2 aromatic rings. The lowest BCUT2D eigenvalue weighted by Gasteiger charge is -2.22. The smallest absolute Gasteiger partial charge is 0.129 e. The fourth-order valence-electron chi connectivity index (χ4n) is 2.09. The van der Waals surface area contributed by atoms with Crippen LogP contribution < -0.4 is 4.90 Å². The molecule has 0 atom stereocenters. The Kier molecular flexibility index (Phi) is 4.43. The molecule has 0 aromatic heterocycles. The number of nitrogens with zero attached hydrogens (tertiary/aromatic N) is 1. The number of alkyl halides is 1. The van der Waals surface area contributed by atoms with Gasteiger partial charge in [0.05, 0.1) is 5.88 Å². The summed E-state index contributed by atoms with van der Waals surface area (Å²) in [5.74, 6) is -0.0936. The molecule has 0 saturated carbocycles. The minimum Gasteiger partial charge on any atom is -0.344 e. The molecule has 0 aliphatic rings. The van der Waals surface area contributed by atoms with E-state index in [1.807, 2.05) is 30.1 Å². The Bertz CT molecular complexity index is 551. The van der Waals surface area contributed by atoms with E-state index in [9.17, 15) is 4.39 Å². The maximum Gasteiger partial charge on any atom is 0.129 e. The lowest BCUT2D eigenvalue weighted by Crippen LogP contribution is -2.12. The van der Waals surface area contributed by atoms with Crippen LogP contribution in [0.4, 0.5) is 15.8 Å². The molecule has 19 heavy (non-hydrogen) atoms. The maximum absolute atomic E-state index is 13.7. The fraction of sp³-hybridized carbons (Fsp3) is 0.250.